The van der Waals surface area contributed by atoms with Crippen molar-refractivity contribution in [1.82, 2.24) is 24.2 Å². The lowest BCUT2D eigenvalue weighted by Gasteiger charge is -2.39. The first-order valence-corrected chi connectivity index (χ1v) is 6.43. The summed E-state index contributed by atoms with van der Waals surface area (Å²) in [6.07, 6.45) is 8.00. The van der Waals surface area contributed by atoms with Gasteiger partial charge in [0.1, 0.15) is 6.07 Å². The SMILES string of the molecule is N#Cc1cnn(C2CN(CCn3ccncc3=O)C2)c1. The van der Waals surface area contributed by atoms with Crippen molar-refractivity contribution in [1.29, 1.82) is 5.26 Å². The van der Waals surface area contributed by atoms with Crippen molar-refractivity contribution in [2.24, 2.45) is 0 Å². The summed E-state index contributed by atoms with van der Waals surface area (Å²) in [4.78, 5) is 17.5. The van der Waals surface area contributed by atoms with Crippen molar-refractivity contribution in [2.45, 2.75) is 12.6 Å². The molecule has 1 saturated heterocycles. The number of hydrogen-bond acceptors (Lipinski definition) is 5. The van der Waals surface area contributed by atoms with Crippen molar-refractivity contribution >= 4 is 0 Å². The molecule has 3 heterocycles. The lowest BCUT2D eigenvalue weighted by molar-refractivity contribution is 0.0942. The summed E-state index contributed by atoms with van der Waals surface area (Å²) in [6.45, 7) is 3.28. The molecule has 0 saturated carbocycles. The monoisotopic (exact) mass is 270 g/mol. The van der Waals surface area contributed by atoms with Crippen LogP contribution in [-0.4, -0.2) is 43.9 Å². The number of rotatable bonds is 4. The Bertz CT molecular complexity index is 691. The predicted octanol–water partition coefficient (Wildman–Crippen LogP) is -0.132. The number of aromatic nitrogens is 4. The minimum atomic E-state index is -0.0738. The first-order valence-electron chi connectivity index (χ1n) is 6.43. The molecule has 1 aliphatic heterocycles. The van der Waals surface area contributed by atoms with E-state index in [1.54, 1.807) is 29.4 Å². The topological polar surface area (TPSA) is 79.7 Å². The van der Waals surface area contributed by atoms with Gasteiger partial charge in [-0.05, 0) is 0 Å². The van der Waals surface area contributed by atoms with E-state index in [4.69, 9.17) is 5.26 Å². The maximum Gasteiger partial charge on any atom is 0.269 e. The van der Waals surface area contributed by atoms with Crippen molar-refractivity contribution in [3.63, 3.8) is 0 Å². The van der Waals surface area contributed by atoms with E-state index in [0.717, 1.165) is 19.6 Å². The smallest absolute Gasteiger partial charge is 0.269 e. The zero-order valence-electron chi connectivity index (χ0n) is 10.9. The van der Waals surface area contributed by atoms with Gasteiger partial charge >= 0.3 is 0 Å². The van der Waals surface area contributed by atoms with E-state index >= 15 is 0 Å². The molecular weight excluding hydrogens is 256 g/mol. The molecule has 0 radical (unpaired) electrons. The predicted molar refractivity (Wildman–Crippen MR) is 70.9 cm³/mol. The zero-order valence-corrected chi connectivity index (χ0v) is 10.9. The molecule has 2 aromatic heterocycles. The lowest BCUT2D eigenvalue weighted by atomic mass is 10.1. The molecule has 7 nitrogen and oxygen atoms in total. The summed E-state index contributed by atoms with van der Waals surface area (Å²) in [5.41, 5.74) is 0.516. The molecular formula is C13H14N6O. The van der Waals surface area contributed by atoms with Crippen LogP contribution in [0.5, 0.6) is 0 Å². The van der Waals surface area contributed by atoms with E-state index in [9.17, 15) is 4.79 Å². The third-order valence-electron chi connectivity index (χ3n) is 3.50. The second-order valence-corrected chi connectivity index (χ2v) is 4.84. The van der Waals surface area contributed by atoms with Gasteiger partial charge < -0.3 is 4.57 Å². The molecule has 0 bridgehead atoms. The number of hydrogen-bond donors (Lipinski definition) is 0. The maximum absolute atomic E-state index is 11.5. The zero-order chi connectivity index (χ0) is 13.9. The van der Waals surface area contributed by atoms with Gasteiger partial charge in [-0.15, -0.1) is 0 Å². The quantitative estimate of drug-likeness (QED) is 0.773. The van der Waals surface area contributed by atoms with Crippen LogP contribution in [0.15, 0.2) is 35.8 Å². The van der Waals surface area contributed by atoms with Crippen LogP contribution in [-0.2, 0) is 6.54 Å². The average Bonchev–Trinajstić information content (AvgIpc) is 2.87. The minimum absolute atomic E-state index is 0.0738. The molecule has 1 aliphatic rings. The van der Waals surface area contributed by atoms with Crippen LogP contribution < -0.4 is 5.56 Å². The summed E-state index contributed by atoms with van der Waals surface area (Å²) in [6, 6.07) is 2.40. The molecule has 2 aromatic rings. The normalized spacial score (nSPS) is 15.8. The van der Waals surface area contributed by atoms with Gasteiger partial charge in [0.25, 0.3) is 5.56 Å². The van der Waals surface area contributed by atoms with E-state index in [1.165, 1.54) is 6.20 Å². The van der Waals surface area contributed by atoms with Crippen LogP contribution in [0.25, 0.3) is 0 Å². The Morgan fingerprint density at radius 1 is 1.35 bits per heavy atom. The van der Waals surface area contributed by atoms with Crippen LogP contribution in [0.4, 0.5) is 0 Å². The standard InChI is InChI=1S/C13H14N6O/c14-5-11-6-16-19(8-11)12-9-17(10-12)3-4-18-2-1-15-7-13(18)20/h1-2,6-8,12H,3-4,9-10H2. The number of nitrogens with zero attached hydrogens (tertiary/aromatic N) is 6. The first kappa shape index (κ1) is 12.6. The third-order valence-corrected chi connectivity index (χ3v) is 3.50. The number of nitriles is 1. The van der Waals surface area contributed by atoms with Gasteiger partial charge in [-0.3, -0.25) is 19.4 Å². The highest BCUT2D eigenvalue weighted by Gasteiger charge is 2.28. The number of likely N-dealkylation sites (tertiary alicyclic amines) is 1. The largest absolute Gasteiger partial charge is 0.311 e. The van der Waals surface area contributed by atoms with Crippen LogP contribution in [0.3, 0.4) is 0 Å². The first-order chi connectivity index (χ1) is 9.76. The fourth-order valence-electron chi connectivity index (χ4n) is 2.30. The molecule has 20 heavy (non-hydrogen) atoms. The Labute approximate surface area is 115 Å². The second kappa shape index (κ2) is 5.27. The Morgan fingerprint density at radius 3 is 2.90 bits per heavy atom. The maximum atomic E-state index is 11.5. The van der Waals surface area contributed by atoms with Crippen LogP contribution >= 0.6 is 0 Å². The van der Waals surface area contributed by atoms with Gasteiger partial charge in [0.05, 0.1) is 24.0 Å². The molecule has 0 amide bonds. The van der Waals surface area contributed by atoms with Crippen molar-refractivity contribution < 1.29 is 0 Å². The van der Waals surface area contributed by atoms with Gasteiger partial charge in [0.2, 0.25) is 0 Å². The molecule has 102 valence electrons. The molecule has 1 fully saturated rings. The fourth-order valence-corrected chi connectivity index (χ4v) is 2.30. The van der Waals surface area contributed by atoms with Gasteiger partial charge in [-0.1, -0.05) is 0 Å². The van der Waals surface area contributed by atoms with E-state index in [1.807, 2.05) is 4.68 Å². The highest BCUT2D eigenvalue weighted by atomic mass is 16.1. The van der Waals surface area contributed by atoms with Crippen LogP contribution in [0.2, 0.25) is 0 Å². The van der Waals surface area contributed by atoms with Gasteiger partial charge in [-0.2, -0.15) is 10.4 Å². The van der Waals surface area contributed by atoms with E-state index in [-0.39, 0.29) is 5.56 Å². The second-order valence-electron chi connectivity index (χ2n) is 4.84. The van der Waals surface area contributed by atoms with E-state index < -0.39 is 0 Å². The van der Waals surface area contributed by atoms with Crippen LogP contribution in [0, 0.1) is 11.3 Å². The summed E-state index contributed by atoms with van der Waals surface area (Å²) in [7, 11) is 0. The highest BCUT2D eigenvalue weighted by molar-refractivity contribution is 5.22. The molecule has 0 atom stereocenters. The molecule has 0 N–H and O–H groups in total. The lowest BCUT2D eigenvalue weighted by Crippen LogP contribution is -2.49. The molecule has 3 rings (SSSR count). The van der Waals surface area contributed by atoms with Crippen LogP contribution in [0.1, 0.15) is 11.6 Å². The molecule has 0 spiro atoms. The minimum Gasteiger partial charge on any atom is -0.311 e. The van der Waals surface area contributed by atoms with Crippen molar-refractivity contribution in [3.05, 3.63) is 46.9 Å². The van der Waals surface area contributed by atoms with Gasteiger partial charge in [0.15, 0.2) is 0 Å². The molecule has 0 aromatic carbocycles. The van der Waals surface area contributed by atoms with Gasteiger partial charge in [-0.25, -0.2) is 0 Å². The highest BCUT2D eigenvalue weighted by Crippen LogP contribution is 2.20. The Balaban J connectivity index is 1.50. The Kier molecular flexibility index (Phi) is 3.31. The Morgan fingerprint density at radius 2 is 2.20 bits per heavy atom. The van der Waals surface area contributed by atoms with Crippen molar-refractivity contribution in [3.8, 4) is 6.07 Å². The third kappa shape index (κ3) is 2.46. The van der Waals surface area contributed by atoms with E-state index in [0.29, 0.717) is 18.2 Å². The fraction of sp³-hybridized carbons (Fsp3) is 0.385. The average molecular weight is 270 g/mol. The summed E-state index contributed by atoms with van der Waals surface area (Å²) >= 11 is 0. The van der Waals surface area contributed by atoms with Gasteiger partial charge in [0, 0.05) is 44.8 Å². The Hall–Kier alpha value is -2.46. The van der Waals surface area contributed by atoms with Crippen molar-refractivity contribution in [2.75, 3.05) is 19.6 Å². The summed E-state index contributed by atoms with van der Waals surface area (Å²) in [5, 5.41) is 12.9. The molecule has 7 heteroatoms. The summed E-state index contributed by atoms with van der Waals surface area (Å²) in [5.74, 6) is 0. The molecule has 0 aliphatic carbocycles. The molecule has 0 unspecified atom stereocenters. The van der Waals surface area contributed by atoms with E-state index in [2.05, 4.69) is 21.1 Å². The summed E-state index contributed by atoms with van der Waals surface area (Å²) < 4.78 is 3.50.